The molecule has 0 saturated heterocycles. The van der Waals surface area contributed by atoms with Crippen molar-refractivity contribution in [2.45, 2.75) is 13.3 Å². The van der Waals surface area contributed by atoms with Crippen LogP contribution in [-0.4, -0.2) is 50.5 Å². The summed E-state index contributed by atoms with van der Waals surface area (Å²) < 4.78 is 0. The summed E-state index contributed by atoms with van der Waals surface area (Å²) in [5.74, 6) is -8.00. The summed E-state index contributed by atoms with van der Waals surface area (Å²) >= 11 is 12.0. The van der Waals surface area contributed by atoms with Crippen molar-refractivity contribution in [1.82, 2.24) is 0 Å². The number of thiol groups is 3. The first-order valence-electron chi connectivity index (χ1n) is 6.25. The van der Waals surface area contributed by atoms with E-state index in [-0.39, 0.29) is 23.7 Å². The van der Waals surface area contributed by atoms with E-state index in [0.29, 0.717) is 0 Å². The van der Waals surface area contributed by atoms with Crippen molar-refractivity contribution in [1.29, 1.82) is 0 Å². The number of hydrogen-bond acceptors (Lipinski definition) is 6. The molecule has 3 N–H and O–H groups in total. The van der Waals surface area contributed by atoms with Crippen molar-refractivity contribution in [3.63, 3.8) is 0 Å². The average Bonchev–Trinajstić information content (AvgIpc) is 2.38. The molecule has 0 aliphatic rings. The number of rotatable bonds is 10. The van der Waals surface area contributed by atoms with Gasteiger partial charge in [-0.1, -0.05) is 6.92 Å². The van der Waals surface area contributed by atoms with Gasteiger partial charge in [0.15, 0.2) is 0 Å². The molecular formula is C12H20O6S3. The van der Waals surface area contributed by atoms with Crippen LogP contribution in [-0.2, 0) is 14.4 Å². The van der Waals surface area contributed by atoms with Crippen LogP contribution >= 0.6 is 37.9 Å². The van der Waals surface area contributed by atoms with E-state index in [9.17, 15) is 29.7 Å². The molecule has 0 rings (SSSR count). The van der Waals surface area contributed by atoms with E-state index in [4.69, 9.17) is 0 Å². The van der Waals surface area contributed by atoms with Gasteiger partial charge in [-0.2, -0.15) is 37.9 Å². The van der Waals surface area contributed by atoms with Gasteiger partial charge in [0.05, 0.1) is 17.8 Å². The summed E-state index contributed by atoms with van der Waals surface area (Å²) in [5, 5.41) is 28.2. The molecule has 0 radical (unpaired) electrons. The van der Waals surface area contributed by atoms with Gasteiger partial charge in [0.25, 0.3) is 0 Å². The van der Waals surface area contributed by atoms with E-state index in [1.165, 1.54) is 0 Å². The maximum atomic E-state index is 11.5. The molecule has 9 heteroatoms. The fourth-order valence-corrected chi connectivity index (χ4v) is 4.39. The van der Waals surface area contributed by atoms with Crippen molar-refractivity contribution in [3.8, 4) is 0 Å². The lowest BCUT2D eigenvalue weighted by atomic mass is 9.58. The minimum Gasteiger partial charge on any atom is -0.481 e. The van der Waals surface area contributed by atoms with Crippen molar-refractivity contribution in [3.05, 3.63) is 0 Å². The normalized spacial score (nSPS) is 18.3. The highest BCUT2D eigenvalue weighted by Gasteiger charge is 2.56. The fourth-order valence-electron chi connectivity index (χ4n) is 2.90. The fraction of sp³-hybridized carbons (Fsp3) is 0.750. The van der Waals surface area contributed by atoms with Crippen LogP contribution < -0.4 is 0 Å². The molecule has 0 aliphatic heterocycles. The molecule has 0 bridgehead atoms. The summed E-state index contributed by atoms with van der Waals surface area (Å²) in [7, 11) is 0. The van der Waals surface area contributed by atoms with Gasteiger partial charge in [-0.3, -0.25) is 14.4 Å². The largest absolute Gasteiger partial charge is 0.481 e. The second-order valence-electron chi connectivity index (χ2n) is 4.69. The lowest BCUT2D eigenvalue weighted by Crippen LogP contribution is -2.54. The predicted molar refractivity (Wildman–Crippen MR) is 87.7 cm³/mol. The zero-order valence-electron chi connectivity index (χ0n) is 11.5. The highest BCUT2D eigenvalue weighted by Crippen LogP contribution is 2.48. The molecule has 21 heavy (non-hydrogen) atoms. The van der Waals surface area contributed by atoms with E-state index in [1.54, 1.807) is 6.92 Å². The van der Waals surface area contributed by atoms with Crippen LogP contribution in [0.4, 0.5) is 0 Å². The summed E-state index contributed by atoms with van der Waals surface area (Å²) in [5.41, 5.74) is -1.52. The van der Waals surface area contributed by atoms with Crippen molar-refractivity contribution in [2.24, 2.45) is 23.2 Å². The van der Waals surface area contributed by atoms with Gasteiger partial charge in [-0.15, -0.1) is 0 Å². The molecule has 0 aromatic heterocycles. The number of carbonyl (C=O) groups is 3. The van der Waals surface area contributed by atoms with E-state index in [1.807, 2.05) is 0 Å². The number of carboxylic acid groups (broad SMARTS) is 3. The van der Waals surface area contributed by atoms with E-state index in [0.717, 1.165) is 0 Å². The van der Waals surface area contributed by atoms with Gasteiger partial charge in [0.1, 0.15) is 0 Å². The standard InChI is InChI=1S/C12H20O6S3/c1-2-12(6(3-19)9(13)14,7(4-20)10(15)16)8(5-21)11(17)18/h6-8,19-21H,2-5H2,1H3,(H,13,14)(H,15,16)(H,17,18). The second kappa shape index (κ2) is 8.79. The lowest BCUT2D eigenvalue weighted by molar-refractivity contribution is -0.164. The Morgan fingerprint density at radius 1 is 0.810 bits per heavy atom. The minimum absolute atomic E-state index is 0.0551. The Labute approximate surface area is 139 Å². The molecule has 0 aromatic rings. The highest BCUT2D eigenvalue weighted by molar-refractivity contribution is 7.80. The number of hydrogen-bond donors (Lipinski definition) is 6. The smallest absolute Gasteiger partial charge is 0.307 e. The van der Waals surface area contributed by atoms with Crippen LogP contribution in [0.1, 0.15) is 13.3 Å². The lowest BCUT2D eigenvalue weighted by Gasteiger charge is -2.45. The Bertz CT molecular complexity index is 345. The monoisotopic (exact) mass is 356 g/mol. The zero-order valence-corrected chi connectivity index (χ0v) is 14.2. The molecule has 122 valence electrons. The number of aliphatic carboxylic acids is 3. The van der Waals surface area contributed by atoms with Crippen molar-refractivity contribution < 1.29 is 29.7 Å². The molecule has 0 fully saturated rings. The van der Waals surface area contributed by atoms with Gasteiger partial charge in [0, 0.05) is 22.7 Å². The van der Waals surface area contributed by atoms with E-state index >= 15 is 0 Å². The minimum atomic E-state index is -1.52. The Kier molecular flexibility index (Phi) is 8.57. The molecule has 0 aliphatic carbocycles. The van der Waals surface area contributed by atoms with Gasteiger partial charge in [-0.05, 0) is 6.42 Å². The van der Waals surface area contributed by atoms with Crippen LogP contribution in [0.5, 0.6) is 0 Å². The van der Waals surface area contributed by atoms with Gasteiger partial charge in [0.2, 0.25) is 0 Å². The van der Waals surface area contributed by atoms with Crippen LogP contribution in [0.25, 0.3) is 0 Å². The number of carboxylic acids is 3. The summed E-state index contributed by atoms with van der Waals surface area (Å²) in [4.78, 5) is 34.6. The third kappa shape index (κ3) is 4.01. The summed E-state index contributed by atoms with van der Waals surface area (Å²) in [6.45, 7) is 1.58. The molecule has 0 heterocycles. The van der Waals surface area contributed by atoms with Crippen LogP contribution in [0, 0.1) is 23.2 Å². The first kappa shape index (κ1) is 20.5. The second-order valence-corrected chi connectivity index (χ2v) is 5.78. The summed E-state index contributed by atoms with van der Waals surface area (Å²) in [6.07, 6.45) is 0.0551. The Morgan fingerprint density at radius 3 is 1.14 bits per heavy atom. The Morgan fingerprint density at radius 2 is 1.05 bits per heavy atom. The Balaban J connectivity index is 6.32. The Hall–Kier alpha value is -0.540. The highest BCUT2D eigenvalue weighted by atomic mass is 32.1. The van der Waals surface area contributed by atoms with Crippen molar-refractivity contribution in [2.75, 3.05) is 17.3 Å². The molecule has 3 unspecified atom stereocenters. The zero-order chi connectivity index (χ0) is 16.8. The topological polar surface area (TPSA) is 112 Å². The molecule has 0 amide bonds. The van der Waals surface area contributed by atoms with Gasteiger partial charge < -0.3 is 15.3 Å². The maximum absolute atomic E-state index is 11.5. The van der Waals surface area contributed by atoms with Crippen LogP contribution in [0.15, 0.2) is 0 Å². The molecule has 0 saturated carbocycles. The van der Waals surface area contributed by atoms with Gasteiger partial charge in [-0.25, -0.2) is 0 Å². The molecule has 6 nitrogen and oxygen atoms in total. The van der Waals surface area contributed by atoms with Crippen LogP contribution in [0.2, 0.25) is 0 Å². The SMILES string of the molecule is CCC(C(CS)C(=O)O)(C(CS)C(=O)O)C(CS)C(=O)O. The first-order chi connectivity index (χ1) is 9.74. The maximum Gasteiger partial charge on any atom is 0.307 e. The van der Waals surface area contributed by atoms with E-state index in [2.05, 4.69) is 37.9 Å². The molecule has 0 aromatic carbocycles. The molecule has 0 spiro atoms. The quantitative estimate of drug-likeness (QED) is 0.329. The third-order valence-corrected chi connectivity index (χ3v) is 5.10. The molecule has 3 atom stereocenters. The third-order valence-electron chi connectivity index (χ3n) is 4.00. The first-order valence-corrected chi connectivity index (χ1v) is 8.15. The van der Waals surface area contributed by atoms with Gasteiger partial charge >= 0.3 is 17.9 Å². The van der Waals surface area contributed by atoms with Crippen LogP contribution in [0.3, 0.4) is 0 Å². The van der Waals surface area contributed by atoms with E-state index < -0.39 is 41.1 Å². The summed E-state index contributed by atoms with van der Waals surface area (Å²) in [6, 6.07) is 0. The predicted octanol–water partition coefficient (Wildman–Crippen LogP) is 1.27. The average molecular weight is 356 g/mol. The molecular weight excluding hydrogens is 336 g/mol. The van der Waals surface area contributed by atoms with Crippen molar-refractivity contribution >= 4 is 55.8 Å².